The Hall–Kier alpha value is -4.10. The molecule has 0 bridgehead atoms. The zero-order valence-corrected chi connectivity index (χ0v) is 26.7. The predicted molar refractivity (Wildman–Crippen MR) is 170 cm³/mol. The number of carbonyl (C=O) groups excluding carboxylic acids is 1. The molecule has 0 aliphatic carbocycles. The number of likely N-dealkylation sites (N-methyl/N-ethyl adjacent to an activating group) is 1. The largest absolute Gasteiger partial charge is 0.416 e. The van der Waals surface area contributed by atoms with Crippen LogP contribution in [0.5, 0.6) is 0 Å². The van der Waals surface area contributed by atoms with Crippen molar-refractivity contribution in [1.82, 2.24) is 29.7 Å². The number of aromatic nitrogens is 4. The van der Waals surface area contributed by atoms with Crippen LogP contribution in [0.2, 0.25) is 0 Å². The molecule has 1 N–H and O–H groups in total. The molecular weight excluding hydrogens is 620 g/mol. The number of aromatic amines is 1. The summed E-state index contributed by atoms with van der Waals surface area (Å²) in [6, 6.07) is 10.7. The topological polar surface area (TPSA) is 95.1 Å². The monoisotopic (exact) mass is 656 g/mol. The van der Waals surface area contributed by atoms with Crippen LogP contribution in [0, 0.1) is 5.82 Å². The van der Waals surface area contributed by atoms with Crippen molar-refractivity contribution in [1.29, 1.82) is 0 Å². The summed E-state index contributed by atoms with van der Waals surface area (Å²) in [7, 11) is 0. The van der Waals surface area contributed by atoms with Gasteiger partial charge >= 0.3 is 6.18 Å². The first-order valence-corrected chi connectivity index (χ1v) is 16.0. The fraction of sp³-hybridized carbons (Fsp3) is 0.364. The van der Waals surface area contributed by atoms with Crippen LogP contribution in [0.1, 0.15) is 48.7 Å². The lowest BCUT2D eigenvalue weighted by Gasteiger charge is -2.27. The standard InChI is InChI=1S/C33H36F4N6O2S/c1-4-27-28(40-32(41-31(27)45)46-21-22-7-13-26(34)14-8-22)17-29(44)43(16-15-42(5-2)6-3)20-23-18-38-30(39-19-23)24-9-11-25(12-10-24)33(35,36)37/h7-14,18-19H,4-6,15-17,20-21H2,1-3H3,(H,40,41,45). The van der Waals surface area contributed by atoms with Gasteiger partial charge in [-0.1, -0.05) is 56.8 Å². The Morgan fingerprint density at radius 1 is 0.913 bits per heavy atom. The van der Waals surface area contributed by atoms with Gasteiger partial charge in [-0.25, -0.2) is 19.3 Å². The Kier molecular flexibility index (Phi) is 12.1. The van der Waals surface area contributed by atoms with E-state index in [0.29, 0.717) is 52.8 Å². The highest BCUT2D eigenvalue weighted by atomic mass is 32.2. The van der Waals surface area contributed by atoms with E-state index in [0.717, 1.165) is 30.8 Å². The molecule has 0 atom stereocenters. The molecule has 0 aliphatic heterocycles. The average molecular weight is 657 g/mol. The minimum atomic E-state index is -4.44. The zero-order chi connectivity index (χ0) is 33.3. The van der Waals surface area contributed by atoms with Crippen LogP contribution in [-0.4, -0.2) is 61.8 Å². The summed E-state index contributed by atoms with van der Waals surface area (Å²) in [4.78, 5) is 46.7. The Labute approximate surface area is 269 Å². The number of benzene rings is 2. The van der Waals surface area contributed by atoms with Crippen LogP contribution in [0.15, 0.2) is 70.9 Å². The quantitative estimate of drug-likeness (QED) is 0.0988. The number of nitrogens with one attached hydrogen (secondary N) is 1. The summed E-state index contributed by atoms with van der Waals surface area (Å²) in [5.74, 6) is 0.173. The van der Waals surface area contributed by atoms with Crippen molar-refractivity contribution in [3.05, 3.63) is 105 Å². The Bertz CT molecular complexity index is 1640. The van der Waals surface area contributed by atoms with E-state index in [9.17, 15) is 27.2 Å². The number of alkyl halides is 3. The van der Waals surface area contributed by atoms with Gasteiger partial charge in [-0.2, -0.15) is 13.2 Å². The molecule has 0 fully saturated rings. The summed E-state index contributed by atoms with van der Waals surface area (Å²) < 4.78 is 52.1. The summed E-state index contributed by atoms with van der Waals surface area (Å²) in [6.45, 7) is 8.79. The van der Waals surface area contributed by atoms with Crippen LogP contribution in [0.4, 0.5) is 17.6 Å². The number of H-pyrrole nitrogens is 1. The average Bonchev–Trinajstić information content (AvgIpc) is 3.04. The molecule has 2 aromatic heterocycles. The van der Waals surface area contributed by atoms with Crippen LogP contribution in [-0.2, 0) is 36.1 Å². The van der Waals surface area contributed by atoms with Crippen LogP contribution >= 0.6 is 11.8 Å². The van der Waals surface area contributed by atoms with Crippen LogP contribution in [0.3, 0.4) is 0 Å². The van der Waals surface area contributed by atoms with Crippen molar-refractivity contribution in [2.24, 2.45) is 0 Å². The van der Waals surface area contributed by atoms with Crippen molar-refractivity contribution in [3.63, 3.8) is 0 Å². The van der Waals surface area contributed by atoms with Crippen molar-refractivity contribution < 1.29 is 22.4 Å². The molecule has 4 aromatic rings. The fourth-order valence-electron chi connectivity index (χ4n) is 4.80. The van der Waals surface area contributed by atoms with Gasteiger partial charge in [0.2, 0.25) is 5.91 Å². The third-order valence-electron chi connectivity index (χ3n) is 7.52. The van der Waals surface area contributed by atoms with Gasteiger partial charge in [-0.05, 0) is 49.3 Å². The van der Waals surface area contributed by atoms with Gasteiger partial charge in [-0.3, -0.25) is 9.59 Å². The Balaban J connectivity index is 1.52. The van der Waals surface area contributed by atoms with Crippen LogP contribution in [0.25, 0.3) is 11.4 Å². The lowest BCUT2D eigenvalue weighted by molar-refractivity contribution is -0.137. The molecule has 0 saturated carbocycles. The van der Waals surface area contributed by atoms with Gasteiger partial charge in [0.25, 0.3) is 5.56 Å². The highest BCUT2D eigenvalue weighted by Crippen LogP contribution is 2.30. The summed E-state index contributed by atoms with van der Waals surface area (Å²) in [6.07, 6.45) is -1.00. The third kappa shape index (κ3) is 9.46. The SMILES string of the molecule is CCc1c(CC(=O)N(CCN(CC)CC)Cc2cnc(-c3ccc(C(F)(F)F)cc3)nc2)nc(SCc2ccc(F)cc2)[nH]c1=O. The van der Waals surface area contributed by atoms with E-state index in [4.69, 9.17) is 0 Å². The van der Waals surface area contributed by atoms with E-state index < -0.39 is 11.7 Å². The minimum absolute atomic E-state index is 0.0834. The van der Waals surface area contributed by atoms with Crippen LogP contribution < -0.4 is 5.56 Å². The molecule has 8 nitrogen and oxygen atoms in total. The zero-order valence-electron chi connectivity index (χ0n) is 25.9. The molecule has 0 saturated heterocycles. The van der Waals surface area contributed by atoms with Gasteiger partial charge < -0.3 is 14.8 Å². The lowest BCUT2D eigenvalue weighted by Crippen LogP contribution is -2.39. The molecule has 244 valence electrons. The second kappa shape index (κ2) is 15.9. The van der Waals surface area contributed by atoms with Crippen molar-refractivity contribution >= 4 is 17.7 Å². The highest BCUT2D eigenvalue weighted by molar-refractivity contribution is 7.98. The second-order valence-electron chi connectivity index (χ2n) is 10.6. The maximum absolute atomic E-state index is 13.8. The van der Waals surface area contributed by atoms with E-state index in [-0.39, 0.29) is 36.1 Å². The number of thioether (sulfide) groups is 1. The van der Waals surface area contributed by atoms with Gasteiger partial charge in [0.1, 0.15) is 5.82 Å². The Morgan fingerprint density at radius 3 is 2.15 bits per heavy atom. The molecule has 4 rings (SSSR count). The molecule has 46 heavy (non-hydrogen) atoms. The number of carbonyl (C=O) groups is 1. The van der Waals surface area contributed by atoms with Gasteiger partial charge in [0, 0.05) is 54.5 Å². The molecule has 0 spiro atoms. The molecule has 1 amide bonds. The fourth-order valence-corrected chi connectivity index (χ4v) is 5.63. The lowest BCUT2D eigenvalue weighted by atomic mass is 10.1. The maximum Gasteiger partial charge on any atom is 0.416 e. The number of rotatable bonds is 14. The van der Waals surface area contributed by atoms with Gasteiger partial charge in [0.15, 0.2) is 11.0 Å². The van der Waals surface area contributed by atoms with Crippen molar-refractivity contribution in [2.75, 3.05) is 26.2 Å². The first-order chi connectivity index (χ1) is 22.0. The highest BCUT2D eigenvalue weighted by Gasteiger charge is 2.30. The van der Waals surface area contributed by atoms with E-state index in [2.05, 4.69) is 24.8 Å². The first-order valence-electron chi connectivity index (χ1n) is 15.0. The predicted octanol–water partition coefficient (Wildman–Crippen LogP) is 6.15. The summed E-state index contributed by atoms with van der Waals surface area (Å²) >= 11 is 1.29. The smallest absolute Gasteiger partial charge is 0.337 e. The van der Waals surface area contributed by atoms with Gasteiger partial charge in [-0.15, -0.1) is 0 Å². The molecule has 0 radical (unpaired) electrons. The Morgan fingerprint density at radius 2 is 1.57 bits per heavy atom. The molecule has 2 heterocycles. The summed E-state index contributed by atoms with van der Waals surface area (Å²) in [5.41, 5.74) is 1.73. The number of hydrogen-bond donors (Lipinski definition) is 1. The van der Waals surface area contributed by atoms with Crippen molar-refractivity contribution in [2.45, 2.75) is 57.2 Å². The van der Waals surface area contributed by atoms with E-state index in [1.54, 1.807) is 29.4 Å². The molecule has 0 aliphatic rings. The van der Waals surface area contributed by atoms with E-state index >= 15 is 0 Å². The normalized spacial score (nSPS) is 11.7. The number of nitrogens with zero attached hydrogens (tertiary/aromatic N) is 5. The van der Waals surface area contributed by atoms with E-state index in [1.165, 1.54) is 36.0 Å². The summed E-state index contributed by atoms with van der Waals surface area (Å²) in [5, 5.41) is 0.372. The molecule has 0 unspecified atom stereocenters. The number of amides is 1. The number of hydrogen-bond acceptors (Lipinski definition) is 7. The first kappa shape index (κ1) is 34.8. The maximum atomic E-state index is 13.8. The molecular formula is C33H36F4N6O2S. The molecule has 2 aromatic carbocycles. The van der Waals surface area contributed by atoms with Gasteiger partial charge in [0.05, 0.1) is 17.7 Å². The minimum Gasteiger partial charge on any atom is -0.337 e. The second-order valence-corrected chi connectivity index (χ2v) is 11.5. The van der Waals surface area contributed by atoms with E-state index in [1.807, 2.05) is 20.8 Å². The number of halogens is 4. The molecule has 13 heteroatoms. The van der Waals surface area contributed by atoms with Crippen molar-refractivity contribution in [3.8, 4) is 11.4 Å². The third-order valence-corrected chi connectivity index (χ3v) is 8.47.